The van der Waals surface area contributed by atoms with Crippen LogP contribution >= 0.6 is 0 Å². The fraction of sp³-hybridized carbons (Fsp3) is 0.167. The molecule has 3 nitrogen and oxygen atoms in total. The van der Waals surface area contributed by atoms with Gasteiger partial charge in [-0.05, 0) is 49.7 Å². The van der Waals surface area contributed by atoms with Crippen molar-refractivity contribution in [1.82, 2.24) is 4.98 Å². The maximum atomic E-state index is 6.05. The third kappa shape index (κ3) is 2.31. The summed E-state index contributed by atoms with van der Waals surface area (Å²) >= 11 is 0. The monoisotopic (exact) mass is 277 g/mol. The molecule has 21 heavy (non-hydrogen) atoms. The van der Waals surface area contributed by atoms with Crippen molar-refractivity contribution in [3.8, 4) is 0 Å². The third-order valence-corrected chi connectivity index (χ3v) is 3.79. The number of rotatable bonds is 3. The summed E-state index contributed by atoms with van der Waals surface area (Å²) in [5, 5.41) is 1.09. The number of nitrogens with zero attached hydrogens (tertiary/aromatic N) is 2. The molecule has 0 aliphatic rings. The van der Waals surface area contributed by atoms with Gasteiger partial charge in [-0.2, -0.15) is 0 Å². The highest BCUT2D eigenvalue weighted by molar-refractivity contribution is 6.00. The van der Waals surface area contributed by atoms with Gasteiger partial charge >= 0.3 is 0 Å². The van der Waals surface area contributed by atoms with Crippen molar-refractivity contribution in [1.29, 1.82) is 0 Å². The Morgan fingerprint density at radius 2 is 1.81 bits per heavy atom. The summed E-state index contributed by atoms with van der Waals surface area (Å²) in [5.74, 6) is 0. The fourth-order valence-electron chi connectivity index (χ4n) is 2.75. The molecule has 3 aromatic rings. The first-order valence-electron chi connectivity index (χ1n) is 7.18. The summed E-state index contributed by atoms with van der Waals surface area (Å²) < 4.78 is 0. The molecule has 0 unspecified atom stereocenters. The lowest BCUT2D eigenvalue weighted by Gasteiger charge is -2.26. The molecule has 0 aliphatic carbocycles. The molecule has 0 radical (unpaired) electrons. The van der Waals surface area contributed by atoms with Crippen LogP contribution < -0.4 is 10.6 Å². The number of aryl methyl sites for hydroxylation is 1. The summed E-state index contributed by atoms with van der Waals surface area (Å²) in [6.45, 7) is 5.18. The molecule has 3 heteroatoms. The van der Waals surface area contributed by atoms with E-state index in [0.717, 1.165) is 28.8 Å². The van der Waals surface area contributed by atoms with Crippen LogP contribution in [0.15, 0.2) is 54.7 Å². The van der Waals surface area contributed by atoms with E-state index >= 15 is 0 Å². The van der Waals surface area contributed by atoms with Crippen molar-refractivity contribution in [2.45, 2.75) is 13.8 Å². The summed E-state index contributed by atoms with van der Waals surface area (Å²) in [5.41, 5.74) is 11.3. The number of nitrogen functional groups attached to an aromatic ring is 1. The zero-order valence-corrected chi connectivity index (χ0v) is 12.4. The van der Waals surface area contributed by atoms with Crippen LogP contribution in [0.3, 0.4) is 0 Å². The van der Waals surface area contributed by atoms with E-state index in [0.29, 0.717) is 0 Å². The van der Waals surface area contributed by atoms with Crippen LogP contribution in [0, 0.1) is 6.92 Å². The largest absolute Gasteiger partial charge is 0.397 e. The van der Waals surface area contributed by atoms with E-state index in [4.69, 9.17) is 5.73 Å². The van der Waals surface area contributed by atoms with E-state index in [-0.39, 0.29) is 0 Å². The summed E-state index contributed by atoms with van der Waals surface area (Å²) in [7, 11) is 0. The SMILES string of the molecule is CCN(c1ccccc1C)c1ccc(N)c2ncccc12. The Morgan fingerprint density at radius 1 is 1.00 bits per heavy atom. The van der Waals surface area contributed by atoms with Crippen LogP contribution in [-0.4, -0.2) is 11.5 Å². The molecule has 3 rings (SSSR count). The van der Waals surface area contributed by atoms with Crippen LogP contribution in [0.5, 0.6) is 0 Å². The highest BCUT2D eigenvalue weighted by atomic mass is 15.1. The number of benzene rings is 2. The Balaban J connectivity index is 2.23. The zero-order chi connectivity index (χ0) is 14.8. The molecule has 0 atom stereocenters. The second-order valence-corrected chi connectivity index (χ2v) is 5.10. The van der Waals surface area contributed by atoms with Gasteiger partial charge < -0.3 is 10.6 Å². The molecule has 0 amide bonds. The van der Waals surface area contributed by atoms with Crippen LogP contribution in [-0.2, 0) is 0 Å². The topological polar surface area (TPSA) is 42.1 Å². The summed E-state index contributed by atoms with van der Waals surface area (Å²) in [4.78, 5) is 6.73. The summed E-state index contributed by atoms with van der Waals surface area (Å²) in [6, 6.07) is 16.5. The van der Waals surface area contributed by atoms with Gasteiger partial charge in [0.05, 0.1) is 16.9 Å². The van der Waals surface area contributed by atoms with Crippen molar-refractivity contribution in [3.05, 3.63) is 60.3 Å². The van der Waals surface area contributed by atoms with Gasteiger partial charge in [0.15, 0.2) is 0 Å². The van der Waals surface area contributed by atoms with Gasteiger partial charge in [0.2, 0.25) is 0 Å². The molecule has 2 aromatic carbocycles. The zero-order valence-electron chi connectivity index (χ0n) is 12.4. The summed E-state index contributed by atoms with van der Waals surface area (Å²) in [6.07, 6.45) is 1.78. The minimum atomic E-state index is 0.718. The normalized spacial score (nSPS) is 10.8. The van der Waals surface area contributed by atoms with E-state index < -0.39 is 0 Å². The molecule has 106 valence electrons. The Hall–Kier alpha value is -2.55. The van der Waals surface area contributed by atoms with Gasteiger partial charge in [-0.25, -0.2) is 0 Å². The maximum absolute atomic E-state index is 6.05. The van der Waals surface area contributed by atoms with Gasteiger partial charge in [-0.15, -0.1) is 0 Å². The molecule has 0 bridgehead atoms. The molecule has 2 N–H and O–H groups in total. The standard InChI is InChI=1S/C18H19N3/c1-3-21(16-9-5-4-7-13(16)2)17-11-10-15(19)18-14(17)8-6-12-20-18/h4-12H,3,19H2,1-2H3. The van der Waals surface area contributed by atoms with Crippen molar-refractivity contribution >= 4 is 28.0 Å². The van der Waals surface area contributed by atoms with Gasteiger partial charge in [-0.3, -0.25) is 4.98 Å². The lowest BCUT2D eigenvalue weighted by Crippen LogP contribution is -2.17. The van der Waals surface area contributed by atoms with Crippen LogP contribution in [0.1, 0.15) is 12.5 Å². The van der Waals surface area contributed by atoms with Gasteiger partial charge in [0.25, 0.3) is 0 Å². The Bertz CT molecular complexity index is 780. The maximum Gasteiger partial charge on any atom is 0.0952 e. The molecule has 0 saturated heterocycles. The molecule has 1 aromatic heterocycles. The van der Waals surface area contributed by atoms with Crippen LogP contribution in [0.4, 0.5) is 17.1 Å². The molecule has 0 spiro atoms. The number of aromatic nitrogens is 1. The first-order valence-corrected chi connectivity index (χ1v) is 7.18. The number of anilines is 3. The van der Waals surface area contributed by atoms with Crippen molar-refractivity contribution in [3.63, 3.8) is 0 Å². The molecule has 0 aliphatic heterocycles. The number of fused-ring (bicyclic) bond motifs is 1. The Morgan fingerprint density at radius 3 is 2.57 bits per heavy atom. The van der Waals surface area contributed by atoms with Crippen molar-refractivity contribution in [2.75, 3.05) is 17.2 Å². The molecular formula is C18H19N3. The number of nitrogens with two attached hydrogens (primary N) is 1. The minimum absolute atomic E-state index is 0.718. The Labute approximate surface area is 125 Å². The molecule has 1 heterocycles. The van der Waals surface area contributed by atoms with Crippen molar-refractivity contribution < 1.29 is 0 Å². The predicted octanol–water partition coefficient (Wildman–Crippen LogP) is 4.28. The minimum Gasteiger partial charge on any atom is -0.397 e. The smallest absolute Gasteiger partial charge is 0.0952 e. The van der Waals surface area contributed by atoms with Crippen LogP contribution in [0.25, 0.3) is 10.9 Å². The second kappa shape index (κ2) is 5.44. The molecule has 0 saturated carbocycles. The van der Waals surface area contributed by atoms with Crippen molar-refractivity contribution in [2.24, 2.45) is 0 Å². The van der Waals surface area contributed by atoms with E-state index in [9.17, 15) is 0 Å². The quantitative estimate of drug-likeness (QED) is 0.726. The predicted molar refractivity (Wildman–Crippen MR) is 90.0 cm³/mol. The molecule has 0 fully saturated rings. The fourth-order valence-corrected chi connectivity index (χ4v) is 2.75. The number of hydrogen-bond acceptors (Lipinski definition) is 3. The first kappa shape index (κ1) is 13.4. The average molecular weight is 277 g/mol. The lowest BCUT2D eigenvalue weighted by atomic mass is 10.1. The van der Waals surface area contributed by atoms with Crippen LogP contribution in [0.2, 0.25) is 0 Å². The number of para-hydroxylation sites is 1. The highest BCUT2D eigenvalue weighted by Gasteiger charge is 2.13. The van der Waals surface area contributed by atoms with Gasteiger partial charge in [0, 0.05) is 23.8 Å². The molecular weight excluding hydrogens is 258 g/mol. The second-order valence-electron chi connectivity index (χ2n) is 5.10. The highest BCUT2D eigenvalue weighted by Crippen LogP contribution is 2.35. The lowest BCUT2D eigenvalue weighted by molar-refractivity contribution is 1.02. The van der Waals surface area contributed by atoms with E-state index in [1.54, 1.807) is 6.20 Å². The van der Waals surface area contributed by atoms with E-state index in [1.165, 1.54) is 11.3 Å². The number of pyridine rings is 1. The third-order valence-electron chi connectivity index (χ3n) is 3.79. The average Bonchev–Trinajstić information content (AvgIpc) is 2.52. The van der Waals surface area contributed by atoms with Gasteiger partial charge in [0.1, 0.15) is 0 Å². The van der Waals surface area contributed by atoms with Gasteiger partial charge in [-0.1, -0.05) is 18.2 Å². The Kier molecular flexibility index (Phi) is 3.48. The van der Waals surface area contributed by atoms with E-state index in [1.807, 2.05) is 12.1 Å². The van der Waals surface area contributed by atoms with E-state index in [2.05, 4.69) is 60.1 Å². The number of hydrogen-bond donors (Lipinski definition) is 1. The first-order chi connectivity index (χ1) is 10.2.